The number of hydrogen-bond acceptors (Lipinski definition) is 2. The van der Waals surface area contributed by atoms with Crippen molar-refractivity contribution < 1.29 is 9.90 Å². The SMILES string of the molecule is CN(C(=O)c1cc[nH]c1)C1CCC(CCO)CC1. The molecular formula is C14H22N2O2. The van der Waals surface area contributed by atoms with Gasteiger partial charge in [0, 0.05) is 32.1 Å². The molecule has 0 aromatic carbocycles. The molecule has 2 rings (SSSR count). The van der Waals surface area contributed by atoms with Gasteiger partial charge < -0.3 is 15.0 Å². The van der Waals surface area contributed by atoms with Crippen LogP contribution in [0.5, 0.6) is 0 Å². The Hall–Kier alpha value is -1.29. The zero-order valence-electron chi connectivity index (χ0n) is 10.9. The number of aromatic nitrogens is 1. The van der Waals surface area contributed by atoms with Gasteiger partial charge >= 0.3 is 0 Å². The van der Waals surface area contributed by atoms with E-state index in [1.165, 1.54) is 0 Å². The lowest BCUT2D eigenvalue weighted by molar-refractivity contribution is 0.0667. The summed E-state index contributed by atoms with van der Waals surface area (Å²) in [6.07, 6.45) is 8.78. The summed E-state index contributed by atoms with van der Waals surface area (Å²) in [6.45, 7) is 0.285. The Labute approximate surface area is 108 Å². The van der Waals surface area contributed by atoms with Gasteiger partial charge in [-0.25, -0.2) is 0 Å². The fourth-order valence-electron chi connectivity index (χ4n) is 2.83. The van der Waals surface area contributed by atoms with Gasteiger partial charge in [-0.3, -0.25) is 4.79 Å². The Morgan fingerprint density at radius 3 is 2.72 bits per heavy atom. The Morgan fingerprint density at radius 2 is 2.17 bits per heavy atom. The van der Waals surface area contributed by atoms with E-state index in [4.69, 9.17) is 5.11 Å². The number of aliphatic hydroxyl groups is 1. The predicted octanol–water partition coefficient (Wildman–Crippen LogP) is 2.03. The van der Waals surface area contributed by atoms with E-state index in [1.54, 1.807) is 12.4 Å². The molecule has 0 aliphatic heterocycles. The van der Waals surface area contributed by atoms with Crippen LogP contribution in [-0.4, -0.2) is 40.6 Å². The molecule has 1 heterocycles. The highest BCUT2D eigenvalue weighted by atomic mass is 16.3. The summed E-state index contributed by atoms with van der Waals surface area (Å²) in [5, 5.41) is 8.94. The highest BCUT2D eigenvalue weighted by molar-refractivity contribution is 5.94. The topological polar surface area (TPSA) is 56.3 Å². The summed E-state index contributed by atoms with van der Waals surface area (Å²) < 4.78 is 0. The second-order valence-electron chi connectivity index (χ2n) is 5.20. The van der Waals surface area contributed by atoms with Crippen LogP contribution in [0.4, 0.5) is 0 Å². The number of carbonyl (C=O) groups is 1. The monoisotopic (exact) mass is 250 g/mol. The molecular weight excluding hydrogens is 228 g/mol. The van der Waals surface area contributed by atoms with Crippen molar-refractivity contribution in [1.82, 2.24) is 9.88 Å². The number of nitrogens with one attached hydrogen (secondary N) is 1. The van der Waals surface area contributed by atoms with Gasteiger partial charge in [-0.05, 0) is 44.1 Å². The van der Waals surface area contributed by atoms with Crippen LogP contribution in [0.3, 0.4) is 0 Å². The van der Waals surface area contributed by atoms with E-state index >= 15 is 0 Å². The van der Waals surface area contributed by atoms with E-state index < -0.39 is 0 Å². The summed E-state index contributed by atoms with van der Waals surface area (Å²) >= 11 is 0. The zero-order valence-corrected chi connectivity index (χ0v) is 10.9. The minimum Gasteiger partial charge on any atom is -0.396 e. The third kappa shape index (κ3) is 2.93. The highest BCUT2D eigenvalue weighted by Gasteiger charge is 2.26. The standard InChI is InChI=1S/C14H22N2O2/c1-16(14(18)12-6-8-15-10-12)13-4-2-11(3-5-13)7-9-17/h6,8,10-11,13,15,17H,2-5,7,9H2,1H3. The van der Waals surface area contributed by atoms with Crippen LogP contribution in [0, 0.1) is 5.92 Å². The molecule has 0 radical (unpaired) electrons. The molecule has 4 nitrogen and oxygen atoms in total. The lowest BCUT2D eigenvalue weighted by Crippen LogP contribution is -2.39. The van der Waals surface area contributed by atoms with Gasteiger partial charge in [0.2, 0.25) is 0 Å². The maximum absolute atomic E-state index is 12.2. The predicted molar refractivity (Wildman–Crippen MR) is 70.3 cm³/mol. The molecule has 18 heavy (non-hydrogen) atoms. The summed E-state index contributed by atoms with van der Waals surface area (Å²) in [6, 6.07) is 2.17. The second-order valence-corrected chi connectivity index (χ2v) is 5.20. The van der Waals surface area contributed by atoms with Crippen molar-refractivity contribution in [2.24, 2.45) is 5.92 Å². The summed E-state index contributed by atoms with van der Waals surface area (Å²) in [5.74, 6) is 0.740. The number of H-pyrrole nitrogens is 1. The normalized spacial score (nSPS) is 23.9. The van der Waals surface area contributed by atoms with Gasteiger partial charge in [0.15, 0.2) is 0 Å². The molecule has 100 valence electrons. The molecule has 0 spiro atoms. The number of aromatic amines is 1. The molecule has 4 heteroatoms. The van der Waals surface area contributed by atoms with E-state index in [1.807, 2.05) is 18.0 Å². The van der Waals surface area contributed by atoms with Crippen LogP contribution in [0.25, 0.3) is 0 Å². The molecule has 0 unspecified atom stereocenters. The molecule has 0 atom stereocenters. The first-order valence-electron chi connectivity index (χ1n) is 6.73. The molecule has 1 fully saturated rings. The maximum atomic E-state index is 12.2. The lowest BCUT2D eigenvalue weighted by Gasteiger charge is -2.34. The number of carbonyl (C=O) groups excluding carboxylic acids is 1. The van der Waals surface area contributed by atoms with E-state index in [0.717, 1.165) is 37.7 Å². The molecule has 1 aromatic rings. The fourth-order valence-corrected chi connectivity index (χ4v) is 2.83. The number of nitrogens with zero attached hydrogens (tertiary/aromatic N) is 1. The molecule has 1 aliphatic carbocycles. The van der Waals surface area contributed by atoms with Crippen LogP contribution < -0.4 is 0 Å². The van der Waals surface area contributed by atoms with Crippen molar-refractivity contribution in [3.05, 3.63) is 24.0 Å². The van der Waals surface area contributed by atoms with Gasteiger partial charge in [0.25, 0.3) is 5.91 Å². The van der Waals surface area contributed by atoms with E-state index in [0.29, 0.717) is 12.0 Å². The minimum atomic E-state index is 0.0989. The third-order valence-electron chi connectivity index (χ3n) is 4.07. The second kappa shape index (κ2) is 6.05. The average Bonchev–Trinajstić information content (AvgIpc) is 2.92. The van der Waals surface area contributed by atoms with Gasteiger partial charge in [-0.15, -0.1) is 0 Å². The third-order valence-corrected chi connectivity index (χ3v) is 4.07. The fraction of sp³-hybridized carbons (Fsp3) is 0.643. The Bertz CT molecular complexity index is 367. The molecule has 1 saturated carbocycles. The van der Waals surface area contributed by atoms with Crippen LogP contribution >= 0.6 is 0 Å². The Balaban J connectivity index is 1.87. The van der Waals surface area contributed by atoms with Gasteiger partial charge in [-0.1, -0.05) is 0 Å². The van der Waals surface area contributed by atoms with Crippen molar-refractivity contribution in [2.75, 3.05) is 13.7 Å². The van der Waals surface area contributed by atoms with Crippen molar-refractivity contribution in [3.8, 4) is 0 Å². The smallest absolute Gasteiger partial charge is 0.255 e. The molecule has 0 bridgehead atoms. The first-order chi connectivity index (χ1) is 8.72. The Kier molecular flexibility index (Phi) is 4.42. The molecule has 1 aromatic heterocycles. The van der Waals surface area contributed by atoms with E-state index in [-0.39, 0.29) is 12.5 Å². The first-order valence-corrected chi connectivity index (χ1v) is 6.73. The summed E-state index contributed by atoms with van der Waals surface area (Å²) in [4.78, 5) is 17.0. The quantitative estimate of drug-likeness (QED) is 0.859. The zero-order chi connectivity index (χ0) is 13.0. The molecule has 2 N–H and O–H groups in total. The Morgan fingerprint density at radius 1 is 1.44 bits per heavy atom. The van der Waals surface area contributed by atoms with Gasteiger partial charge in [0.1, 0.15) is 0 Å². The first kappa shape index (κ1) is 13.1. The molecule has 0 saturated heterocycles. The maximum Gasteiger partial charge on any atom is 0.255 e. The lowest BCUT2D eigenvalue weighted by atomic mass is 9.83. The number of rotatable bonds is 4. The van der Waals surface area contributed by atoms with Crippen LogP contribution in [-0.2, 0) is 0 Å². The number of aliphatic hydroxyl groups excluding tert-OH is 1. The van der Waals surface area contributed by atoms with Crippen LogP contribution in [0.1, 0.15) is 42.5 Å². The van der Waals surface area contributed by atoms with Crippen molar-refractivity contribution >= 4 is 5.91 Å². The van der Waals surface area contributed by atoms with Gasteiger partial charge in [0.05, 0.1) is 5.56 Å². The van der Waals surface area contributed by atoms with Gasteiger partial charge in [-0.2, -0.15) is 0 Å². The molecule has 1 amide bonds. The summed E-state index contributed by atoms with van der Waals surface area (Å²) in [5.41, 5.74) is 0.731. The van der Waals surface area contributed by atoms with Crippen molar-refractivity contribution in [3.63, 3.8) is 0 Å². The minimum absolute atomic E-state index is 0.0989. The van der Waals surface area contributed by atoms with E-state index in [2.05, 4.69) is 4.98 Å². The highest BCUT2D eigenvalue weighted by Crippen LogP contribution is 2.29. The van der Waals surface area contributed by atoms with Crippen molar-refractivity contribution in [1.29, 1.82) is 0 Å². The average molecular weight is 250 g/mol. The van der Waals surface area contributed by atoms with Crippen LogP contribution in [0.2, 0.25) is 0 Å². The number of amides is 1. The van der Waals surface area contributed by atoms with E-state index in [9.17, 15) is 4.79 Å². The number of hydrogen-bond donors (Lipinski definition) is 2. The van der Waals surface area contributed by atoms with Crippen LogP contribution in [0.15, 0.2) is 18.5 Å². The van der Waals surface area contributed by atoms with Crippen molar-refractivity contribution in [2.45, 2.75) is 38.1 Å². The largest absolute Gasteiger partial charge is 0.396 e. The summed E-state index contributed by atoms with van der Waals surface area (Å²) in [7, 11) is 1.90. The molecule has 1 aliphatic rings.